The Kier molecular flexibility index (Phi) is 6.78. The average molecular weight is 369 g/mol. The summed E-state index contributed by atoms with van der Waals surface area (Å²) in [5, 5.41) is 9.45. The van der Waals surface area contributed by atoms with Crippen LogP contribution < -0.4 is 5.73 Å². The highest BCUT2D eigenvalue weighted by molar-refractivity contribution is 8.14. The molecule has 0 saturated heterocycles. The lowest BCUT2D eigenvalue weighted by molar-refractivity contribution is -0.300. The second-order valence-electron chi connectivity index (χ2n) is 4.47. The number of aliphatic hydroxyl groups is 1. The van der Waals surface area contributed by atoms with Crippen molar-refractivity contribution in [2.45, 2.75) is 37.5 Å². The quantitative estimate of drug-likeness (QED) is 0.242. The van der Waals surface area contributed by atoms with Crippen molar-refractivity contribution in [3.8, 4) is 0 Å². The van der Waals surface area contributed by atoms with Gasteiger partial charge >= 0.3 is 21.6 Å². The fourth-order valence-electron chi connectivity index (χ4n) is 1.34. The lowest BCUT2D eigenvalue weighted by atomic mass is 10.0. The molecule has 0 spiro atoms. The first-order valence-electron chi connectivity index (χ1n) is 5.19. The van der Waals surface area contributed by atoms with E-state index < -0.39 is 37.5 Å². The van der Waals surface area contributed by atoms with Crippen LogP contribution in [0.15, 0.2) is 0 Å². The van der Waals surface area contributed by atoms with Gasteiger partial charge in [-0.05, 0) is 13.8 Å². The second-order valence-corrected chi connectivity index (χ2v) is 8.63. The number of carbonyl (C=O) groups excluding carboxylic acids is 1. The van der Waals surface area contributed by atoms with E-state index in [0.29, 0.717) is 11.8 Å². The maximum Gasteiger partial charge on any atom is 0.474 e. The molecule has 7 N–H and O–H groups in total. The van der Waals surface area contributed by atoms with Gasteiger partial charge in [-0.2, -0.15) is 0 Å². The van der Waals surface area contributed by atoms with Gasteiger partial charge in [0.25, 0.3) is 0 Å². The number of hydrogen-bond donors (Lipinski definition) is 6. The maximum atomic E-state index is 11.1. The number of phosphoric acid groups is 2. The summed E-state index contributed by atoms with van der Waals surface area (Å²) >= 11 is 0.554. The van der Waals surface area contributed by atoms with Crippen LogP contribution in [0.25, 0.3) is 0 Å². The van der Waals surface area contributed by atoms with Gasteiger partial charge in [0.15, 0.2) is 5.12 Å². The molecule has 11 nitrogen and oxygen atoms in total. The first-order chi connectivity index (χ1) is 8.99. The minimum absolute atomic E-state index is 0.467. The van der Waals surface area contributed by atoms with Crippen molar-refractivity contribution in [1.29, 1.82) is 0 Å². The average Bonchev–Trinajstić information content (AvgIpc) is 2.07. The van der Waals surface area contributed by atoms with E-state index in [4.69, 9.17) is 25.3 Å². The molecular formula is C7H17NO10P2S. The minimum Gasteiger partial charge on any atom is -0.341 e. The van der Waals surface area contributed by atoms with Gasteiger partial charge < -0.3 is 30.4 Å². The van der Waals surface area contributed by atoms with E-state index in [9.17, 15) is 19.0 Å². The first kappa shape index (κ1) is 21.2. The molecule has 0 rings (SSSR count). The van der Waals surface area contributed by atoms with E-state index >= 15 is 0 Å². The molecule has 0 aromatic rings. The third-order valence-electron chi connectivity index (χ3n) is 2.05. The molecule has 0 aliphatic heterocycles. The second kappa shape index (κ2) is 6.73. The summed E-state index contributed by atoms with van der Waals surface area (Å²) in [6.07, 6.45) is 0. The molecule has 0 aromatic heterocycles. The lowest BCUT2D eigenvalue weighted by Crippen LogP contribution is -2.60. The Hall–Kier alpha value is 0.160. The van der Waals surface area contributed by atoms with Gasteiger partial charge in [0.2, 0.25) is 0 Å². The molecule has 1 atom stereocenters. The first-order valence-corrected chi connectivity index (χ1v) is 9.06. The highest BCUT2D eigenvalue weighted by atomic mass is 32.2. The van der Waals surface area contributed by atoms with Crippen molar-refractivity contribution in [3.63, 3.8) is 0 Å². The third kappa shape index (κ3) is 7.82. The molecule has 0 saturated carbocycles. The standard InChI is InChI=1S/C7H17NO10P2S/c1-4(9)21-6(2,3)5(8)7(10,17-19(11,12)13)18-20(14,15)16/h5,10H,8H2,1-3H3,(H2,11,12,13)(H2,14,15,16). The van der Waals surface area contributed by atoms with Gasteiger partial charge in [0.05, 0.1) is 0 Å². The minimum atomic E-state index is -5.42. The molecule has 126 valence electrons. The number of nitrogens with two attached hydrogens (primary N) is 1. The van der Waals surface area contributed by atoms with Crippen molar-refractivity contribution in [2.24, 2.45) is 5.73 Å². The van der Waals surface area contributed by atoms with Crippen LogP contribution >= 0.6 is 27.4 Å². The molecule has 0 fully saturated rings. The van der Waals surface area contributed by atoms with Gasteiger partial charge in [-0.25, -0.2) is 18.2 Å². The monoisotopic (exact) mass is 369 g/mol. The summed E-state index contributed by atoms with van der Waals surface area (Å²) < 4.78 is 28.0. The summed E-state index contributed by atoms with van der Waals surface area (Å²) in [4.78, 5) is 46.0. The predicted molar refractivity (Wildman–Crippen MR) is 71.5 cm³/mol. The van der Waals surface area contributed by atoms with Crippen molar-refractivity contribution in [3.05, 3.63) is 0 Å². The summed E-state index contributed by atoms with van der Waals surface area (Å²) in [7, 11) is -10.8. The predicted octanol–water partition coefficient (Wildman–Crippen LogP) is -0.763. The van der Waals surface area contributed by atoms with Crippen molar-refractivity contribution in [2.75, 3.05) is 0 Å². The zero-order valence-electron chi connectivity index (χ0n) is 11.2. The van der Waals surface area contributed by atoms with Gasteiger partial charge in [-0.15, -0.1) is 0 Å². The molecule has 0 radical (unpaired) electrons. The molecule has 1 unspecified atom stereocenters. The molecule has 21 heavy (non-hydrogen) atoms. The van der Waals surface area contributed by atoms with E-state index in [2.05, 4.69) is 9.05 Å². The molecule has 0 heterocycles. The number of carbonyl (C=O) groups is 1. The van der Waals surface area contributed by atoms with E-state index in [1.807, 2.05) is 0 Å². The summed E-state index contributed by atoms with van der Waals surface area (Å²) in [5.41, 5.74) is 5.53. The van der Waals surface area contributed by atoms with Crippen molar-refractivity contribution >= 4 is 32.5 Å². The number of thioether (sulfide) groups is 1. The third-order valence-corrected chi connectivity index (χ3v) is 4.11. The van der Waals surface area contributed by atoms with Crippen LogP contribution in [-0.4, -0.2) is 46.6 Å². The summed E-state index contributed by atoms with van der Waals surface area (Å²) in [6, 6.07) is -1.90. The molecular weight excluding hydrogens is 352 g/mol. The number of hydrogen-bond acceptors (Lipinski definition) is 8. The smallest absolute Gasteiger partial charge is 0.341 e. The van der Waals surface area contributed by atoms with Gasteiger partial charge in [0.1, 0.15) is 6.04 Å². The Labute approximate surface area is 124 Å². The summed E-state index contributed by atoms with van der Waals surface area (Å²) in [5.74, 6) is -3.52. The molecule has 14 heteroatoms. The van der Waals surface area contributed by atoms with Crippen LogP contribution in [-0.2, 0) is 23.0 Å². The van der Waals surface area contributed by atoms with Crippen LogP contribution in [0.1, 0.15) is 20.8 Å². The van der Waals surface area contributed by atoms with Crippen LogP contribution in [0.5, 0.6) is 0 Å². The topological polar surface area (TPSA) is 197 Å². The van der Waals surface area contributed by atoms with E-state index in [1.165, 1.54) is 13.8 Å². The van der Waals surface area contributed by atoms with Gasteiger partial charge in [-0.3, -0.25) is 4.79 Å². The molecule has 0 aromatic carbocycles. The fourth-order valence-corrected chi connectivity index (χ4v) is 3.40. The number of phosphoric ester groups is 2. The lowest BCUT2D eigenvalue weighted by Gasteiger charge is -2.39. The van der Waals surface area contributed by atoms with Gasteiger partial charge in [0, 0.05) is 11.7 Å². The normalized spacial score (nSPS) is 15.9. The maximum absolute atomic E-state index is 11.1. The van der Waals surface area contributed by atoms with E-state index in [0.717, 1.165) is 6.92 Å². The molecule has 0 aliphatic rings. The van der Waals surface area contributed by atoms with E-state index in [-0.39, 0.29) is 0 Å². The van der Waals surface area contributed by atoms with Crippen LogP contribution in [0, 0.1) is 0 Å². The zero-order chi connectivity index (χ0) is 17.3. The zero-order valence-corrected chi connectivity index (χ0v) is 13.8. The summed E-state index contributed by atoms with van der Waals surface area (Å²) in [6.45, 7) is 3.72. The Morgan fingerprint density at radius 2 is 1.48 bits per heavy atom. The van der Waals surface area contributed by atoms with Crippen molar-refractivity contribution < 1.29 is 47.7 Å². The highest BCUT2D eigenvalue weighted by Crippen LogP contribution is 2.51. The van der Waals surface area contributed by atoms with Crippen LogP contribution in [0.3, 0.4) is 0 Å². The Morgan fingerprint density at radius 1 is 1.14 bits per heavy atom. The Morgan fingerprint density at radius 3 is 1.71 bits per heavy atom. The van der Waals surface area contributed by atoms with Crippen molar-refractivity contribution in [1.82, 2.24) is 0 Å². The molecule has 0 aliphatic carbocycles. The molecule has 0 amide bonds. The van der Waals surface area contributed by atoms with Crippen LogP contribution in [0.4, 0.5) is 0 Å². The SMILES string of the molecule is CC(=O)SC(C)(C)C(N)C(O)(OP(=O)(O)O)OP(=O)(O)O. The molecule has 0 bridgehead atoms. The van der Waals surface area contributed by atoms with E-state index in [1.54, 1.807) is 0 Å². The largest absolute Gasteiger partial charge is 0.474 e. The van der Waals surface area contributed by atoms with Gasteiger partial charge in [-0.1, -0.05) is 11.8 Å². The Balaban J connectivity index is 5.63. The fraction of sp³-hybridized carbons (Fsp3) is 0.857. The highest BCUT2D eigenvalue weighted by Gasteiger charge is 2.53. The number of rotatable bonds is 7. The van der Waals surface area contributed by atoms with Crippen LogP contribution in [0.2, 0.25) is 0 Å². The Bertz CT molecular complexity index is 460.